The molecular formula is C22H25N3O4S. The molecule has 0 aromatic heterocycles. The van der Waals surface area contributed by atoms with E-state index >= 15 is 0 Å². The average molecular weight is 428 g/mol. The highest BCUT2D eigenvalue weighted by Crippen LogP contribution is 2.21. The van der Waals surface area contributed by atoms with E-state index in [0.717, 1.165) is 28.5 Å². The van der Waals surface area contributed by atoms with E-state index in [1.54, 1.807) is 24.3 Å². The molecule has 1 fully saturated rings. The third-order valence-corrected chi connectivity index (χ3v) is 5.31. The van der Waals surface area contributed by atoms with Crippen LogP contribution in [0.15, 0.2) is 48.5 Å². The van der Waals surface area contributed by atoms with Crippen LogP contribution in [0.5, 0.6) is 0 Å². The second kappa shape index (κ2) is 10.3. The Labute approximate surface area is 180 Å². The van der Waals surface area contributed by atoms with Crippen LogP contribution < -0.4 is 10.6 Å². The predicted octanol–water partition coefficient (Wildman–Crippen LogP) is 4.13. The lowest BCUT2D eigenvalue weighted by Gasteiger charge is -2.13. The summed E-state index contributed by atoms with van der Waals surface area (Å²) < 4.78 is 5.57. The largest absolute Gasteiger partial charge is 0.374 e. The molecule has 1 saturated heterocycles. The van der Waals surface area contributed by atoms with Gasteiger partial charge in [-0.3, -0.25) is 14.5 Å². The van der Waals surface area contributed by atoms with Gasteiger partial charge in [0.1, 0.15) is 0 Å². The van der Waals surface area contributed by atoms with Crippen LogP contribution in [-0.2, 0) is 29.2 Å². The highest BCUT2D eigenvalue weighted by atomic mass is 32.2. The van der Waals surface area contributed by atoms with Gasteiger partial charge in [-0.1, -0.05) is 48.2 Å². The molecule has 158 valence electrons. The molecule has 0 atom stereocenters. The number of carbonyl (C=O) groups excluding carboxylic acids is 3. The first-order valence-electron chi connectivity index (χ1n) is 9.71. The zero-order valence-electron chi connectivity index (χ0n) is 17.0. The minimum absolute atomic E-state index is 0.174. The minimum Gasteiger partial charge on any atom is -0.374 e. The maximum absolute atomic E-state index is 12.1. The fourth-order valence-electron chi connectivity index (χ4n) is 2.78. The van der Waals surface area contributed by atoms with Crippen molar-refractivity contribution < 1.29 is 19.1 Å². The van der Waals surface area contributed by atoms with Gasteiger partial charge >= 0.3 is 6.03 Å². The van der Waals surface area contributed by atoms with Crippen molar-refractivity contribution in [3.63, 3.8) is 0 Å². The molecule has 8 heteroatoms. The molecule has 3 rings (SSSR count). The van der Waals surface area contributed by atoms with Crippen LogP contribution in [0.4, 0.5) is 15.3 Å². The topological polar surface area (TPSA) is 87.7 Å². The van der Waals surface area contributed by atoms with E-state index in [1.165, 1.54) is 4.90 Å². The van der Waals surface area contributed by atoms with Crippen LogP contribution in [0.1, 0.15) is 30.5 Å². The zero-order valence-corrected chi connectivity index (χ0v) is 17.8. The molecule has 7 nitrogen and oxygen atoms in total. The summed E-state index contributed by atoms with van der Waals surface area (Å²) in [4.78, 5) is 36.7. The number of nitrogens with one attached hydrogen (secondary N) is 2. The van der Waals surface area contributed by atoms with Crippen LogP contribution in [0, 0.1) is 0 Å². The summed E-state index contributed by atoms with van der Waals surface area (Å²) in [5.41, 5.74) is 3.54. The lowest BCUT2D eigenvalue weighted by molar-refractivity contribution is -0.125. The molecule has 0 spiro atoms. The van der Waals surface area contributed by atoms with Gasteiger partial charge < -0.3 is 15.4 Å². The molecule has 2 N–H and O–H groups in total. The Morgan fingerprint density at radius 3 is 2.27 bits per heavy atom. The van der Waals surface area contributed by atoms with Gasteiger partial charge in [-0.2, -0.15) is 0 Å². The normalized spacial score (nSPS) is 13.8. The van der Waals surface area contributed by atoms with Crippen LogP contribution in [-0.4, -0.2) is 33.9 Å². The minimum atomic E-state index is -0.309. The molecule has 1 aliphatic rings. The van der Waals surface area contributed by atoms with Crippen molar-refractivity contribution >= 4 is 34.6 Å². The summed E-state index contributed by atoms with van der Waals surface area (Å²) in [6.07, 6.45) is 0.188. The summed E-state index contributed by atoms with van der Waals surface area (Å²) in [6, 6.07) is 14.7. The number of ether oxygens (including phenoxy) is 1. The molecule has 1 aliphatic heterocycles. The number of hydrogen-bond donors (Lipinski definition) is 2. The summed E-state index contributed by atoms with van der Waals surface area (Å²) in [7, 11) is 0. The summed E-state index contributed by atoms with van der Waals surface area (Å²) in [5.74, 6) is 0.0275. The van der Waals surface area contributed by atoms with Gasteiger partial charge in [-0.05, 0) is 42.7 Å². The van der Waals surface area contributed by atoms with Gasteiger partial charge in [0.15, 0.2) is 0 Å². The highest BCUT2D eigenvalue weighted by molar-refractivity contribution is 8.14. The molecule has 0 aliphatic carbocycles. The Kier molecular flexibility index (Phi) is 7.48. The predicted molar refractivity (Wildman–Crippen MR) is 117 cm³/mol. The third kappa shape index (κ3) is 6.33. The molecule has 1 heterocycles. The van der Waals surface area contributed by atoms with Gasteiger partial charge in [-0.15, -0.1) is 0 Å². The number of thioether (sulfide) groups is 1. The van der Waals surface area contributed by atoms with E-state index in [9.17, 15) is 14.4 Å². The lowest BCUT2D eigenvalue weighted by atomic mass is 10.1. The van der Waals surface area contributed by atoms with Gasteiger partial charge in [0.2, 0.25) is 5.91 Å². The van der Waals surface area contributed by atoms with Crippen molar-refractivity contribution in [3.8, 4) is 0 Å². The lowest BCUT2D eigenvalue weighted by Crippen LogP contribution is -2.28. The Bertz CT molecular complexity index is 882. The van der Waals surface area contributed by atoms with E-state index < -0.39 is 0 Å². The monoisotopic (exact) mass is 427 g/mol. The number of imide groups is 1. The van der Waals surface area contributed by atoms with E-state index in [2.05, 4.69) is 10.6 Å². The molecule has 4 amide bonds. The fraction of sp³-hybridized carbons (Fsp3) is 0.318. The number of benzene rings is 2. The van der Waals surface area contributed by atoms with E-state index in [-0.39, 0.29) is 35.6 Å². The third-order valence-electron chi connectivity index (χ3n) is 4.45. The number of amides is 4. The quantitative estimate of drug-likeness (QED) is 0.661. The Morgan fingerprint density at radius 2 is 1.67 bits per heavy atom. The number of hydrogen-bond acceptors (Lipinski definition) is 5. The number of carbonyl (C=O) groups is 3. The van der Waals surface area contributed by atoms with Crippen molar-refractivity contribution in [2.45, 2.75) is 39.6 Å². The number of urea groups is 1. The van der Waals surface area contributed by atoms with Crippen LogP contribution >= 0.6 is 11.8 Å². The molecule has 2 aromatic carbocycles. The molecule has 30 heavy (non-hydrogen) atoms. The van der Waals surface area contributed by atoms with Gasteiger partial charge in [0.05, 0.1) is 25.0 Å². The SMILES string of the molecule is CC(C)OCc1ccc(CNC(=O)Nc2ccc(CN3C(=O)CSC3=O)cc2)cc1. The second-order valence-electron chi connectivity index (χ2n) is 7.22. The van der Waals surface area contributed by atoms with Crippen molar-refractivity contribution in [1.29, 1.82) is 0 Å². The van der Waals surface area contributed by atoms with Gasteiger partial charge in [0, 0.05) is 12.2 Å². The molecule has 2 aromatic rings. The smallest absolute Gasteiger partial charge is 0.319 e. The Morgan fingerprint density at radius 1 is 1.03 bits per heavy atom. The summed E-state index contributed by atoms with van der Waals surface area (Å²) in [5, 5.41) is 5.37. The highest BCUT2D eigenvalue weighted by Gasteiger charge is 2.29. The van der Waals surface area contributed by atoms with E-state index in [0.29, 0.717) is 18.8 Å². The Hall–Kier alpha value is -2.84. The fourth-order valence-corrected chi connectivity index (χ4v) is 3.51. The maximum atomic E-state index is 12.1. The standard InChI is InChI=1S/C22H25N3O4S/c1-15(2)29-13-18-5-3-16(4-6-18)11-23-21(27)24-19-9-7-17(8-10-19)12-25-20(26)14-30-22(25)28/h3-10,15H,11-14H2,1-2H3,(H2,23,24,27). The number of nitrogens with zero attached hydrogens (tertiary/aromatic N) is 1. The number of rotatable bonds is 8. The van der Waals surface area contributed by atoms with E-state index in [1.807, 2.05) is 38.1 Å². The van der Waals surface area contributed by atoms with Crippen molar-refractivity contribution in [3.05, 3.63) is 65.2 Å². The molecule has 0 bridgehead atoms. The zero-order chi connectivity index (χ0) is 21.5. The second-order valence-corrected chi connectivity index (χ2v) is 8.14. The van der Waals surface area contributed by atoms with Crippen LogP contribution in [0.2, 0.25) is 0 Å². The van der Waals surface area contributed by atoms with Crippen LogP contribution in [0.25, 0.3) is 0 Å². The number of anilines is 1. The summed E-state index contributed by atoms with van der Waals surface area (Å²) >= 11 is 1.02. The molecule has 0 saturated carbocycles. The molecule has 0 radical (unpaired) electrons. The average Bonchev–Trinajstić information content (AvgIpc) is 3.05. The molecular weight excluding hydrogens is 402 g/mol. The molecule has 0 unspecified atom stereocenters. The van der Waals surface area contributed by atoms with Gasteiger partial charge in [-0.25, -0.2) is 4.79 Å². The summed E-state index contributed by atoms with van der Waals surface area (Å²) in [6.45, 7) is 5.22. The maximum Gasteiger partial charge on any atom is 0.319 e. The first-order valence-corrected chi connectivity index (χ1v) is 10.7. The van der Waals surface area contributed by atoms with Crippen molar-refractivity contribution in [2.24, 2.45) is 0 Å². The Balaban J connectivity index is 1.44. The van der Waals surface area contributed by atoms with Crippen molar-refractivity contribution in [1.82, 2.24) is 10.2 Å². The van der Waals surface area contributed by atoms with Gasteiger partial charge in [0.25, 0.3) is 5.24 Å². The van der Waals surface area contributed by atoms with E-state index in [4.69, 9.17) is 4.74 Å². The first-order chi connectivity index (χ1) is 14.4. The van der Waals surface area contributed by atoms with Crippen LogP contribution in [0.3, 0.4) is 0 Å². The first kappa shape index (κ1) is 21.9. The van der Waals surface area contributed by atoms with Crippen molar-refractivity contribution in [2.75, 3.05) is 11.1 Å².